The Kier molecular flexibility index (Phi) is 4.39. The van der Waals surface area contributed by atoms with Crippen molar-refractivity contribution in [3.8, 4) is 0 Å². The van der Waals surface area contributed by atoms with Crippen molar-refractivity contribution in [3.63, 3.8) is 0 Å². The van der Waals surface area contributed by atoms with E-state index in [4.69, 9.17) is 5.73 Å². The lowest BCUT2D eigenvalue weighted by Crippen LogP contribution is -2.38. The molecule has 0 spiro atoms. The van der Waals surface area contributed by atoms with E-state index in [1.54, 1.807) is 0 Å². The van der Waals surface area contributed by atoms with Gasteiger partial charge in [0.05, 0.1) is 0 Å². The van der Waals surface area contributed by atoms with Crippen molar-refractivity contribution in [2.45, 2.75) is 19.4 Å². The number of hydrogen-bond acceptors (Lipinski definition) is 2. The highest BCUT2D eigenvalue weighted by Crippen LogP contribution is 2.18. The van der Waals surface area contributed by atoms with Gasteiger partial charge in [-0.05, 0) is 66.2 Å². The summed E-state index contributed by atoms with van der Waals surface area (Å²) in [7, 11) is 0. The molecule has 0 aromatic heterocycles. The number of nitrogens with two attached hydrogens (primary N) is 1. The molecule has 2 rings (SSSR count). The van der Waals surface area contributed by atoms with Crippen LogP contribution in [0.3, 0.4) is 0 Å². The van der Waals surface area contributed by atoms with E-state index in [9.17, 15) is 4.79 Å². The summed E-state index contributed by atoms with van der Waals surface area (Å²) in [5.74, 6) is -0.0538. The van der Waals surface area contributed by atoms with Crippen molar-refractivity contribution < 1.29 is 4.79 Å². The Morgan fingerprint density at radius 3 is 2.41 bits per heavy atom. The summed E-state index contributed by atoms with van der Waals surface area (Å²) in [5, 5.41) is 0. The van der Waals surface area contributed by atoms with Gasteiger partial charge in [-0.3, -0.25) is 9.69 Å². The second-order valence-electron chi connectivity index (χ2n) is 4.58. The molecule has 0 aliphatic carbocycles. The Balaban J connectivity index is 1.85. The fraction of sp³-hybridized carbons (Fsp3) is 0.462. The maximum atomic E-state index is 11.1. The van der Waals surface area contributed by atoms with Crippen LogP contribution in [0.1, 0.15) is 18.4 Å². The van der Waals surface area contributed by atoms with E-state index < -0.39 is 0 Å². The number of benzene rings is 1. The van der Waals surface area contributed by atoms with Crippen molar-refractivity contribution in [3.05, 3.63) is 33.4 Å². The van der Waals surface area contributed by atoms with Gasteiger partial charge in [-0.2, -0.15) is 0 Å². The zero-order chi connectivity index (χ0) is 12.3. The maximum absolute atomic E-state index is 11.1. The molecular formula is C13H17IN2O. The lowest BCUT2D eigenvalue weighted by molar-refractivity contribution is -0.123. The standard InChI is InChI=1S/C13H17IN2O/c14-12-3-1-10(2-4-12)9-16-7-5-11(6-8-16)13(15)17/h1-4,11H,5-9H2,(H2,15,17). The molecule has 1 aromatic carbocycles. The maximum Gasteiger partial charge on any atom is 0.220 e. The Hall–Kier alpha value is -0.620. The zero-order valence-corrected chi connectivity index (χ0v) is 11.9. The number of carbonyl (C=O) groups excluding carboxylic acids is 1. The summed E-state index contributed by atoms with van der Waals surface area (Å²) in [6.45, 7) is 2.92. The smallest absolute Gasteiger partial charge is 0.220 e. The van der Waals surface area contributed by atoms with Crippen molar-refractivity contribution >= 4 is 28.5 Å². The predicted molar refractivity (Wildman–Crippen MR) is 76.4 cm³/mol. The number of primary amides is 1. The van der Waals surface area contributed by atoms with E-state index in [0.29, 0.717) is 0 Å². The third-order valence-electron chi connectivity index (χ3n) is 3.31. The van der Waals surface area contributed by atoms with Gasteiger partial charge in [-0.25, -0.2) is 0 Å². The van der Waals surface area contributed by atoms with Crippen molar-refractivity contribution in [1.29, 1.82) is 0 Å². The second-order valence-corrected chi connectivity index (χ2v) is 5.82. The average Bonchev–Trinajstić information content (AvgIpc) is 2.33. The average molecular weight is 344 g/mol. The highest BCUT2D eigenvalue weighted by Gasteiger charge is 2.22. The minimum absolute atomic E-state index is 0.0861. The van der Waals surface area contributed by atoms with Crippen molar-refractivity contribution in [1.82, 2.24) is 4.90 Å². The third kappa shape index (κ3) is 3.67. The first-order valence-electron chi connectivity index (χ1n) is 5.91. The van der Waals surface area contributed by atoms with Gasteiger partial charge in [0.15, 0.2) is 0 Å². The van der Waals surface area contributed by atoms with Crippen LogP contribution >= 0.6 is 22.6 Å². The number of rotatable bonds is 3. The molecular weight excluding hydrogens is 327 g/mol. The molecule has 0 atom stereocenters. The van der Waals surface area contributed by atoms with Gasteiger partial charge < -0.3 is 5.73 Å². The van der Waals surface area contributed by atoms with Gasteiger partial charge >= 0.3 is 0 Å². The molecule has 1 aliphatic heterocycles. The first-order valence-corrected chi connectivity index (χ1v) is 6.99. The molecule has 92 valence electrons. The number of nitrogens with zero attached hydrogens (tertiary/aromatic N) is 1. The minimum atomic E-state index is -0.140. The summed E-state index contributed by atoms with van der Waals surface area (Å²) >= 11 is 2.31. The molecule has 4 heteroatoms. The number of piperidine rings is 1. The number of likely N-dealkylation sites (tertiary alicyclic amines) is 1. The van der Waals surface area contributed by atoms with Gasteiger partial charge in [0, 0.05) is 16.0 Å². The van der Waals surface area contributed by atoms with Crippen LogP contribution in [0.4, 0.5) is 0 Å². The first-order chi connectivity index (χ1) is 8.15. The summed E-state index contributed by atoms with van der Waals surface area (Å²) < 4.78 is 1.26. The van der Waals surface area contributed by atoms with Crippen LogP contribution in [0.25, 0.3) is 0 Å². The molecule has 1 aromatic rings. The number of hydrogen-bond donors (Lipinski definition) is 1. The fourth-order valence-electron chi connectivity index (χ4n) is 2.22. The number of amides is 1. The van der Waals surface area contributed by atoms with E-state index in [2.05, 4.69) is 51.8 Å². The second kappa shape index (κ2) is 5.82. The van der Waals surface area contributed by atoms with E-state index in [-0.39, 0.29) is 11.8 Å². The summed E-state index contributed by atoms with van der Waals surface area (Å²) in [6.07, 6.45) is 1.80. The van der Waals surface area contributed by atoms with E-state index in [0.717, 1.165) is 32.5 Å². The predicted octanol–water partition coefficient (Wildman–Crippen LogP) is 1.99. The summed E-state index contributed by atoms with van der Waals surface area (Å²) in [6, 6.07) is 8.60. The number of halogens is 1. The fourth-order valence-corrected chi connectivity index (χ4v) is 2.58. The normalized spacial score (nSPS) is 18.2. The van der Waals surface area contributed by atoms with Gasteiger partial charge in [0.2, 0.25) is 5.91 Å². The Morgan fingerprint density at radius 1 is 1.29 bits per heavy atom. The molecule has 2 N–H and O–H groups in total. The van der Waals surface area contributed by atoms with E-state index >= 15 is 0 Å². The van der Waals surface area contributed by atoms with Gasteiger partial charge in [0.25, 0.3) is 0 Å². The first kappa shape index (κ1) is 12.8. The van der Waals surface area contributed by atoms with Gasteiger partial charge in [-0.1, -0.05) is 12.1 Å². The molecule has 3 nitrogen and oxygen atoms in total. The van der Waals surface area contributed by atoms with Crippen LogP contribution in [-0.2, 0) is 11.3 Å². The highest BCUT2D eigenvalue weighted by atomic mass is 127. The Labute approximate surface area is 116 Å². The van der Waals surface area contributed by atoms with Crippen molar-refractivity contribution in [2.75, 3.05) is 13.1 Å². The van der Waals surface area contributed by atoms with Crippen molar-refractivity contribution in [2.24, 2.45) is 11.7 Å². The topological polar surface area (TPSA) is 46.3 Å². The highest BCUT2D eigenvalue weighted by molar-refractivity contribution is 14.1. The number of carbonyl (C=O) groups is 1. The van der Waals surface area contributed by atoms with Crippen LogP contribution in [0.5, 0.6) is 0 Å². The van der Waals surface area contributed by atoms with Gasteiger partial charge in [-0.15, -0.1) is 0 Å². The third-order valence-corrected chi connectivity index (χ3v) is 4.03. The molecule has 1 aliphatic rings. The largest absolute Gasteiger partial charge is 0.369 e. The molecule has 0 unspecified atom stereocenters. The summed E-state index contributed by atoms with van der Waals surface area (Å²) in [5.41, 5.74) is 6.66. The zero-order valence-electron chi connectivity index (χ0n) is 9.73. The molecule has 0 saturated carbocycles. The lowest BCUT2D eigenvalue weighted by Gasteiger charge is -2.30. The molecule has 1 fully saturated rings. The SMILES string of the molecule is NC(=O)C1CCN(Cc2ccc(I)cc2)CC1. The Bertz CT molecular complexity index is 383. The molecule has 1 amide bonds. The monoisotopic (exact) mass is 344 g/mol. The molecule has 1 heterocycles. The van der Waals surface area contributed by atoms with Crippen LogP contribution in [0.2, 0.25) is 0 Å². The molecule has 0 radical (unpaired) electrons. The lowest BCUT2D eigenvalue weighted by atomic mass is 9.96. The molecule has 1 saturated heterocycles. The van der Waals surface area contributed by atoms with Crippen LogP contribution in [0.15, 0.2) is 24.3 Å². The summed E-state index contributed by atoms with van der Waals surface area (Å²) in [4.78, 5) is 13.5. The van der Waals surface area contributed by atoms with Crippen LogP contribution < -0.4 is 5.73 Å². The van der Waals surface area contributed by atoms with E-state index in [1.165, 1.54) is 9.13 Å². The van der Waals surface area contributed by atoms with Crippen LogP contribution in [0, 0.1) is 9.49 Å². The van der Waals surface area contributed by atoms with Crippen LogP contribution in [-0.4, -0.2) is 23.9 Å². The van der Waals surface area contributed by atoms with E-state index in [1.807, 2.05) is 0 Å². The Morgan fingerprint density at radius 2 is 1.88 bits per heavy atom. The molecule has 0 bridgehead atoms. The minimum Gasteiger partial charge on any atom is -0.369 e. The molecule has 17 heavy (non-hydrogen) atoms. The quantitative estimate of drug-likeness (QED) is 0.853. The van der Waals surface area contributed by atoms with Gasteiger partial charge in [0.1, 0.15) is 0 Å².